The van der Waals surface area contributed by atoms with Crippen molar-refractivity contribution in [2.75, 3.05) is 18.6 Å². The third-order valence-corrected chi connectivity index (χ3v) is 4.96. The quantitative estimate of drug-likeness (QED) is 0.362. The van der Waals surface area contributed by atoms with Gasteiger partial charge < -0.3 is 14.6 Å². The SMILES string of the molecule is COc1ccc(C(=O)COC(=O)c2ccc3c(c2)C(=O)N(c2cccc(O)c2)C3=O)cc1. The number of Topliss-reactive ketones (excluding diaryl/α,β-unsaturated/α-hetero) is 1. The summed E-state index contributed by atoms with van der Waals surface area (Å²) >= 11 is 0. The number of hydrogen-bond acceptors (Lipinski definition) is 7. The number of anilines is 1. The summed E-state index contributed by atoms with van der Waals surface area (Å²) in [7, 11) is 1.51. The zero-order valence-electron chi connectivity index (χ0n) is 16.9. The molecule has 1 N–H and O–H groups in total. The fourth-order valence-electron chi connectivity index (χ4n) is 3.31. The molecule has 3 aromatic rings. The van der Waals surface area contributed by atoms with Crippen LogP contribution >= 0.6 is 0 Å². The van der Waals surface area contributed by atoms with E-state index in [9.17, 15) is 24.3 Å². The van der Waals surface area contributed by atoms with Crippen molar-refractivity contribution in [3.05, 3.63) is 89.0 Å². The van der Waals surface area contributed by atoms with Gasteiger partial charge in [-0.25, -0.2) is 9.69 Å². The summed E-state index contributed by atoms with van der Waals surface area (Å²) in [6, 6.07) is 16.1. The number of phenols is 1. The van der Waals surface area contributed by atoms with Gasteiger partial charge in [-0.15, -0.1) is 0 Å². The summed E-state index contributed by atoms with van der Waals surface area (Å²) in [4.78, 5) is 51.1. The Labute approximate surface area is 182 Å². The predicted molar refractivity (Wildman–Crippen MR) is 113 cm³/mol. The average Bonchev–Trinajstić information content (AvgIpc) is 3.06. The molecule has 4 rings (SSSR count). The molecule has 0 fully saturated rings. The van der Waals surface area contributed by atoms with Gasteiger partial charge in [-0.1, -0.05) is 6.07 Å². The van der Waals surface area contributed by atoms with Gasteiger partial charge in [0.2, 0.25) is 0 Å². The molecule has 0 atom stereocenters. The number of imide groups is 1. The molecule has 1 aliphatic heterocycles. The molecule has 1 aliphatic rings. The van der Waals surface area contributed by atoms with Gasteiger partial charge in [0.1, 0.15) is 11.5 Å². The molecule has 2 amide bonds. The Balaban J connectivity index is 1.49. The molecule has 1 heterocycles. The van der Waals surface area contributed by atoms with Crippen LogP contribution in [-0.2, 0) is 4.74 Å². The highest BCUT2D eigenvalue weighted by atomic mass is 16.5. The number of ketones is 1. The molecule has 8 nitrogen and oxygen atoms in total. The molecule has 0 spiro atoms. The van der Waals surface area contributed by atoms with E-state index in [1.807, 2.05) is 0 Å². The number of phenolic OH excluding ortho intramolecular Hbond substituents is 1. The summed E-state index contributed by atoms with van der Waals surface area (Å²) < 4.78 is 10.1. The lowest BCUT2D eigenvalue weighted by atomic mass is 10.1. The van der Waals surface area contributed by atoms with E-state index in [0.29, 0.717) is 11.3 Å². The summed E-state index contributed by atoms with van der Waals surface area (Å²) in [6.45, 7) is -0.482. The number of benzene rings is 3. The first-order valence-corrected chi connectivity index (χ1v) is 9.55. The Morgan fingerprint density at radius 2 is 1.56 bits per heavy atom. The second-order valence-electron chi connectivity index (χ2n) is 6.95. The maximum atomic E-state index is 12.8. The van der Waals surface area contributed by atoms with Crippen LogP contribution in [0, 0.1) is 0 Å². The van der Waals surface area contributed by atoms with E-state index < -0.39 is 30.2 Å². The van der Waals surface area contributed by atoms with Gasteiger partial charge in [0.15, 0.2) is 12.4 Å². The number of carbonyl (C=O) groups excluding carboxylic acids is 4. The molecule has 0 bridgehead atoms. The van der Waals surface area contributed by atoms with Gasteiger partial charge in [0.25, 0.3) is 11.8 Å². The minimum Gasteiger partial charge on any atom is -0.508 e. The van der Waals surface area contributed by atoms with Crippen molar-refractivity contribution in [1.29, 1.82) is 0 Å². The Hall–Kier alpha value is -4.46. The van der Waals surface area contributed by atoms with Crippen LogP contribution in [0.3, 0.4) is 0 Å². The highest BCUT2D eigenvalue weighted by molar-refractivity contribution is 6.34. The van der Waals surface area contributed by atoms with Gasteiger partial charge in [0.05, 0.1) is 29.5 Å². The summed E-state index contributed by atoms with van der Waals surface area (Å²) in [5.74, 6) is -1.89. The van der Waals surface area contributed by atoms with Crippen LogP contribution in [0.2, 0.25) is 0 Å². The van der Waals surface area contributed by atoms with Crippen molar-refractivity contribution in [2.24, 2.45) is 0 Å². The van der Waals surface area contributed by atoms with E-state index >= 15 is 0 Å². The van der Waals surface area contributed by atoms with Gasteiger partial charge in [-0.3, -0.25) is 14.4 Å². The minimum absolute atomic E-state index is 0.0326. The second kappa shape index (κ2) is 8.35. The number of esters is 1. The maximum Gasteiger partial charge on any atom is 0.338 e. The molecule has 0 radical (unpaired) electrons. The van der Waals surface area contributed by atoms with Crippen molar-refractivity contribution in [3.63, 3.8) is 0 Å². The maximum absolute atomic E-state index is 12.8. The molecular formula is C24H17NO7. The van der Waals surface area contributed by atoms with E-state index in [0.717, 1.165) is 4.90 Å². The molecule has 0 unspecified atom stereocenters. The highest BCUT2D eigenvalue weighted by Gasteiger charge is 2.37. The number of carbonyl (C=O) groups is 4. The van der Waals surface area contributed by atoms with Crippen LogP contribution < -0.4 is 9.64 Å². The third kappa shape index (κ3) is 3.81. The number of fused-ring (bicyclic) bond motifs is 1. The van der Waals surface area contributed by atoms with Gasteiger partial charge >= 0.3 is 5.97 Å². The standard InChI is InChI=1S/C24H17NO7/c1-31-18-8-5-14(6-9-18)21(27)13-32-24(30)15-7-10-19-20(11-15)23(29)25(22(19)28)16-3-2-4-17(26)12-16/h2-12,26H,13H2,1H3. The predicted octanol–water partition coefficient (Wildman–Crippen LogP) is 3.24. The Morgan fingerprint density at radius 1 is 0.875 bits per heavy atom. The minimum atomic E-state index is -0.800. The van der Waals surface area contributed by atoms with Crippen LogP contribution in [0.5, 0.6) is 11.5 Å². The van der Waals surface area contributed by atoms with Crippen LogP contribution in [0.4, 0.5) is 5.69 Å². The van der Waals surface area contributed by atoms with Crippen molar-refractivity contribution in [3.8, 4) is 11.5 Å². The first-order valence-electron chi connectivity index (χ1n) is 9.55. The zero-order chi connectivity index (χ0) is 22.8. The van der Waals surface area contributed by atoms with Gasteiger partial charge in [-0.05, 0) is 54.6 Å². The van der Waals surface area contributed by atoms with Crippen LogP contribution in [0.15, 0.2) is 66.7 Å². The largest absolute Gasteiger partial charge is 0.508 e. The number of rotatable bonds is 6. The fraction of sp³-hybridized carbons (Fsp3) is 0.0833. The number of ether oxygens (including phenoxy) is 2. The Morgan fingerprint density at radius 3 is 2.25 bits per heavy atom. The summed E-state index contributed by atoms with van der Waals surface area (Å²) in [5, 5.41) is 9.65. The third-order valence-electron chi connectivity index (χ3n) is 4.96. The van der Waals surface area contributed by atoms with Crippen LogP contribution in [0.25, 0.3) is 0 Å². The first kappa shape index (κ1) is 20.8. The van der Waals surface area contributed by atoms with E-state index in [1.165, 1.54) is 49.6 Å². The molecular weight excluding hydrogens is 414 g/mol. The summed E-state index contributed by atoms with van der Waals surface area (Å²) in [6.07, 6.45) is 0. The van der Waals surface area contributed by atoms with Gasteiger partial charge in [-0.2, -0.15) is 0 Å². The lowest BCUT2D eigenvalue weighted by Crippen LogP contribution is -2.29. The summed E-state index contributed by atoms with van der Waals surface area (Å²) in [5.41, 5.74) is 0.768. The zero-order valence-corrected chi connectivity index (χ0v) is 16.9. The molecule has 0 aliphatic carbocycles. The van der Waals surface area contributed by atoms with Crippen LogP contribution in [0.1, 0.15) is 41.4 Å². The van der Waals surface area contributed by atoms with E-state index in [4.69, 9.17) is 9.47 Å². The fourth-order valence-corrected chi connectivity index (χ4v) is 3.31. The smallest absolute Gasteiger partial charge is 0.338 e. The molecule has 0 aromatic heterocycles. The van der Waals surface area contributed by atoms with Crippen molar-refractivity contribution in [1.82, 2.24) is 0 Å². The lowest BCUT2D eigenvalue weighted by Gasteiger charge is -2.13. The molecule has 8 heteroatoms. The Kier molecular flexibility index (Phi) is 5.43. The average molecular weight is 431 g/mol. The van der Waals surface area contributed by atoms with Crippen molar-refractivity contribution >= 4 is 29.3 Å². The molecule has 3 aromatic carbocycles. The van der Waals surface area contributed by atoms with Crippen molar-refractivity contribution < 1.29 is 33.8 Å². The van der Waals surface area contributed by atoms with Gasteiger partial charge in [0, 0.05) is 11.6 Å². The Bertz CT molecular complexity index is 1250. The lowest BCUT2D eigenvalue weighted by molar-refractivity contribution is 0.0474. The number of nitrogens with zero attached hydrogens (tertiary/aromatic N) is 1. The normalized spacial score (nSPS) is 12.5. The second-order valence-corrected chi connectivity index (χ2v) is 6.95. The number of hydrogen-bond donors (Lipinski definition) is 1. The molecule has 0 saturated heterocycles. The topological polar surface area (TPSA) is 110 Å². The first-order chi connectivity index (χ1) is 15.4. The van der Waals surface area contributed by atoms with E-state index in [-0.39, 0.29) is 28.1 Å². The molecule has 0 saturated carbocycles. The molecule has 32 heavy (non-hydrogen) atoms. The van der Waals surface area contributed by atoms with E-state index in [2.05, 4.69) is 0 Å². The number of aromatic hydroxyl groups is 1. The number of methoxy groups -OCH3 is 1. The monoisotopic (exact) mass is 431 g/mol. The highest BCUT2D eigenvalue weighted by Crippen LogP contribution is 2.30. The van der Waals surface area contributed by atoms with Crippen molar-refractivity contribution in [2.45, 2.75) is 0 Å². The molecule has 160 valence electrons. The number of amides is 2. The van der Waals surface area contributed by atoms with E-state index in [1.54, 1.807) is 24.3 Å². The van der Waals surface area contributed by atoms with Crippen LogP contribution in [-0.4, -0.2) is 42.4 Å².